The molecule has 0 saturated carbocycles. The molecule has 0 unspecified atom stereocenters. The van der Waals surface area contributed by atoms with E-state index in [1.807, 2.05) is 35.3 Å². The van der Waals surface area contributed by atoms with E-state index < -0.39 is 87.4 Å². The molecule has 16 saturated heterocycles. The highest BCUT2D eigenvalue weighted by Crippen LogP contribution is 2.37. The number of nitrogens with zero attached hydrogens (tertiary/aromatic N) is 16. The lowest BCUT2D eigenvalue weighted by Gasteiger charge is -2.33. The summed E-state index contributed by atoms with van der Waals surface area (Å²) in [6.45, 7) is 14.8. The second kappa shape index (κ2) is 52.9. The van der Waals surface area contributed by atoms with E-state index in [0.717, 1.165) is 18.2 Å². The fraction of sp³-hybridized carbons (Fsp3) is 0.722. The fourth-order valence-corrected chi connectivity index (χ4v) is 20.5. The van der Waals surface area contributed by atoms with Crippen LogP contribution in [-0.4, -0.2) is 498 Å². The van der Waals surface area contributed by atoms with Crippen LogP contribution in [0.15, 0.2) is 30.3 Å². The predicted molar refractivity (Wildman–Crippen MR) is 505 cm³/mol. The van der Waals surface area contributed by atoms with Crippen molar-refractivity contribution in [3.63, 3.8) is 0 Å². The van der Waals surface area contributed by atoms with E-state index in [0.29, 0.717) is 182 Å². The first-order chi connectivity index (χ1) is 70.1. The number of amides is 22. The summed E-state index contributed by atoms with van der Waals surface area (Å²) in [6, 6.07) is 3.68. The number of ether oxygens (including phenoxy) is 5. The second-order valence-electron chi connectivity index (χ2n) is 37.8. The Kier molecular flexibility index (Phi) is 41.3. The molecule has 17 rings (SSSR count). The van der Waals surface area contributed by atoms with Crippen molar-refractivity contribution < 1.29 is 157 Å². The minimum atomic E-state index is -3.27. The van der Waals surface area contributed by atoms with Crippen LogP contribution in [0.1, 0.15) is 123 Å². The Labute approximate surface area is 850 Å². The van der Waals surface area contributed by atoms with E-state index in [1.165, 1.54) is 122 Å². The van der Waals surface area contributed by atoms with Crippen molar-refractivity contribution in [2.75, 3.05) is 207 Å². The highest BCUT2D eigenvalue weighted by molar-refractivity contribution is 7.90. The number of fused-ring (bicyclic) bond motifs is 14. The second-order valence-corrected chi connectivity index (χ2v) is 39.9. The molecular weight excluding hydrogens is 1960 g/mol. The topological polar surface area (TPSA) is 605 Å². The molecule has 16 heterocycles. The van der Waals surface area contributed by atoms with Gasteiger partial charge in [0.15, 0.2) is 15.6 Å². The molecule has 1 aromatic carbocycles. The van der Waals surface area contributed by atoms with Gasteiger partial charge in [-0.25, -0.2) is 47.0 Å². The van der Waals surface area contributed by atoms with Crippen molar-refractivity contribution in [1.82, 2.24) is 117 Å². The van der Waals surface area contributed by atoms with Crippen molar-refractivity contribution in [3.8, 4) is 0 Å². The molecule has 818 valence electrons. The zero-order chi connectivity index (χ0) is 107. The van der Waals surface area contributed by atoms with Crippen LogP contribution in [0.2, 0.25) is 0 Å². The summed E-state index contributed by atoms with van der Waals surface area (Å²) in [6.07, 6.45) is 10.3. The first-order valence-corrected chi connectivity index (χ1v) is 51.0. The monoisotopic (exact) mass is 2100 g/mol. The van der Waals surface area contributed by atoms with Crippen molar-refractivity contribution in [1.29, 1.82) is 0 Å². The van der Waals surface area contributed by atoms with E-state index in [-0.39, 0.29) is 177 Å². The molecule has 0 spiro atoms. The Morgan fingerprint density at radius 3 is 0.912 bits per heavy atom. The zero-order valence-corrected chi connectivity index (χ0v) is 86.0. The summed E-state index contributed by atoms with van der Waals surface area (Å²) in [5, 5.41) is 26.3. The average Bonchev–Trinajstić information content (AvgIpc) is 1.65. The Bertz CT molecular complexity index is 4980. The van der Waals surface area contributed by atoms with Gasteiger partial charge >= 0.3 is 60.1 Å². The molecule has 57 heteroatoms. The number of carbonyl (C=O) groups excluding carboxylic acids is 19. The third kappa shape index (κ3) is 29.1. The van der Waals surface area contributed by atoms with Gasteiger partial charge in [-0.05, 0) is 123 Å². The standard InChI is InChI=1S/C17H21N3O4.C14H22N4O5.C14H23N3O5.C12H20N4O4.C12H19N3O5.C11H17N3O5.C10H17N3O5S/c1-24-20-13-7-8-15(19(11-13)17(20)23)16(22)18-10-14(21)9-12-5-3-2-4-6-12;1-22-18-10-2-3-11(17(9-10)14(18)21)13(20)15-8-12(19)16-4-6-23-7-5-16;1-14(2,3)22-11(18)7-15-12(19)10-6-5-9-8-16(10)13(20)17(9)21-4;1-19-16-9-2-3-10(15(8-9)12(16)18)11(17)13-14-4-6-20-7-5-14;1-3-20-10(16)6-13-11(17)9-5-4-8-7-14(9)12(18)15(8)19-2;1-18-9(15)5-12-10(16)8-4-3-7-6-13(8)11(17)14(7)19-2;1-18-13-7-3-4-8(12(5-7)10(13)15)9(14)11-6-19(2,16)17/h2-6,13,15H,7-11H2,1H3,(H,18,22);10-11H,2-9H2,1H3,(H,15,20);9-10H,5-8H2,1-4H3,(H,15,19);9-10H,2-8H2,1H3,(H,13,17);8-9H,3-7H2,1-2H3,(H,13,17);7-8H,3-6H2,1-2H3,(H,12,16);7-8H,3-6H2,1-2H3,(H,11,14)/t13-,15+;10-,11+;2*9-,10+;8-,9+;2*7-,8+/m1111111/s1. The largest absolute Gasteiger partial charge is 0.468 e. The summed E-state index contributed by atoms with van der Waals surface area (Å²) in [7, 11) is 8.11. The summed E-state index contributed by atoms with van der Waals surface area (Å²) in [4.78, 5) is 275. The number of morpholine rings is 2. The predicted octanol–water partition coefficient (Wildman–Crippen LogP) is -3.47. The van der Waals surface area contributed by atoms with Crippen LogP contribution in [0, 0.1) is 0 Å². The number of ketones is 1. The molecule has 147 heavy (non-hydrogen) atoms. The van der Waals surface area contributed by atoms with Crippen LogP contribution in [-0.2, 0) is 131 Å². The van der Waals surface area contributed by atoms with E-state index >= 15 is 0 Å². The summed E-state index contributed by atoms with van der Waals surface area (Å²) < 4.78 is 46.8. The molecular formula is C90H139N23O33S. The zero-order valence-electron chi connectivity index (χ0n) is 85.2. The molecule has 0 aliphatic carbocycles. The Hall–Kier alpha value is -12.5. The first kappa shape index (κ1) is 115. The van der Waals surface area contributed by atoms with Gasteiger partial charge in [0.1, 0.15) is 73.4 Å². The third-order valence-electron chi connectivity index (χ3n) is 27.2. The van der Waals surface area contributed by atoms with Crippen molar-refractivity contribution >= 4 is 123 Å². The van der Waals surface area contributed by atoms with Gasteiger partial charge in [0.2, 0.25) is 41.4 Å². The van der Waals surface area contributed by atoms with Crippen LogP contribution < -0.4 is 37.3 Å². The highest BCUT2D eigenvalue weighted by Gasteiger charge is 2.55. The van der Waals surface area contributed by atoms with Crippen molar-refractivity contribution in [3.05, 3.63) is 35.9 Å². The number of hydrogen-bond acceptors (Lipinski definition) is 34. The Morgan fingerprint density at radius 2 is 0.626 bits per heavy atom. The first-order valence-electron chi connectivity index (χ1n) is 48.9. The maximum absolute atomic E-state index is 12.4. The molecule has 16 fully saturated rings. The molecule has 7 N–H and O–H groups in total. The van der Waals surface area contributed by atoms with Crippen LogP contribution in [0.4, 0.5) is 33.6 Å². The van der Waals surface area contributed by atoms with Gasteiger partial charge in [-0.2, -0.15) is 35.4 Å². The average molecular weight is 2100 g/mol. The minimum Gasteiger partial charge on any atom is -0.468 e. The molecule has 16 aliphatic heterocycles. The molecule has 14 bridgehead atoms. The Morgan fingerprint density at radius 1 is 0.354 bits per heavy atom. The fourth-order valence-electron chi connectivity index (χ4n) is 20.1. The van der Waals surface area contributed by atoms with Crippen molar-refractivity contribution in [2.45, 2.75) is 214 Å². The maximum atomic E-state index is 12.4. The van der Waals surface area contributed by atoms with Gasteiger partial charge in [-0.15, -0.1) is 0 Å². The lowest BCUT2D eigenvalue weighted by Crippen LogP contribution is -2.56. The van der Waals surface area contributed by atoms with E-state index in [1.54, 1.807) is 37.5 Å². The van der Waals surface area contributed by atoms with Gasteiger partial charge in [0.25, 0.3) is 5.91 Å². The van der Waals surface area contributed by atoms with Gasteiger partial charge in [0.05, 0.1) is 145 Å². The highest BCUT2D eigenvalue weighted by atomic mass is 32.2. The van der Waals surface area contributed by atoms with Crippen LogP contribution in [0.5, 0.6) is 0 Å². The Balaban J connectivity index is 0.000000163. The lowest BCUT2D eigenvalue weighted by atomic mass is 10.00. The number of esters is 3. The minimum absolute atomic E-state index is 0.00149. The van der Waals surface area contributed by atoms with Crippen LogP contribution >= 0.6 is 0 Å². The number of piperidine rings is 7. The summed E-state index contributed by atoms with van der Waals surface area (Å²) in [5.74, 6) is -4.22. The number of nitrogens with one attached hydrogen (secondary N) is 7. The SMILES string of the molecule is CCOC(=O)CNC(=O)[C@@H]1CC[C@@H]2CN1C(=O)N2OC.COC(=O)CNC(=O)[C@@H]1CC[C@@H]2CN1C(=O)N2OC.CON1C(=O)N2C[C@H]1CC[C@H]2C(=O)NCC(=O)Cc1ccccc1.CON1C(=O)N2C[C@H]1CC[C@H]2C(=O)NCC(=O)N1CCOCC1.CON1C(=O)N2C[C@H]1CC[C@H]2C(=O)NCC(=O)OC(C)(C)C.CON1C(=O)N2C[C@H]1CC[C@H]2C(=O)NCS(C)(=O)=O.CON1C(=O)N2C[C@H]1CC[C@H]2C(=O)NN1CCOCC1. The van der Waals surface area contributed by atoms with Crippen LogP contribution in [0.25, 0.3) is 0 Å². The van der Waals surface area contributed by atoms with Gasteiger partial charge in [-0.1, -0.05) is 30.3 Å². The van der Waals surface area contributed by atoms with Crippen LogP contribution in [0.3, 0.4) is 0 Å². The van der Waals surface area contributed by atoms with E-state index in [2.05, 4.69) is 42.1 Å². The normalized spacial score (nSPS) is 25.9. The molecule has 14 atom stereocenters. The number of hydrogen-bond donors (Lipinski definition) is 7. The van der Waals surface area contributed by atoms with E-state index in [9.17, 15) is 99.5 Å². The molecule has 22 amide bonds. The number of benzene rings is 1. The summed E-state index contributed by atoms with van der Waals surface area (Å²) >= 11 is 0. The van der Waals surface area contributed by atoms with Gasteiger partial charge in [0, 0.05) is 84.7 Å². The smallest absolute Gasteiger partial charge is 0.345 e. The molecule has 1 aromatic rings. The number of Topliss-reactive ketones (excluding diaryl/α,β-unsaturated/α-hetero) is 1. The number of methoxy groups -OCH3 is 1. The quantitative estimate of drug-likeness (QED) is 0.0291. The van der Waals surface area contributed by atoms with E-state index in [4.69, 9.17) is 52.8 Å². The molecule has 16 aliphatic rings. The number of carbonyl (C=O) groups is 19. The number of sulfone groups is 1. The number of rotatable bonds is 30. The number of hydrazine groups is 1. The molecule has 0 radical (unpaired) electrons. The van der Waals surface area contributed by atoms with Gasteiger partial charge in [-0.3, -0.25) is 96.8 Å². The molecule has 56 nitrogen and oxygen atoms in total. The number of urea groups is 7. The summed E-state index contributed by atoms with van der Waals surface area (Å²) in [5.41, 5.74) is 3.21. The molecule has 0 aromatic heterocycles. The number of hydroxylamine groups is 14. The van der Waals surface area contributed by atoms with Gasteiger partial charge < -0.3 is 94.8 Å². The lowest BCUT2D eigenvalue weighted by molar-refractivity contribution is -0.155. The van der Waals surface area contributed by atoms with Crippen molar-refractivity contribution in [2.24, 2.45) is 0 Å². The third-order valence-corrected chi connectivity index (χ3v) is 27.9. The maximum Gasteiger partial charge on any atom is 0.345 e.